The number of hydrogen-bond acceptors (Lipinski definition) is 3. The molecule has 0 aliphatic heterocycles. The third-order valence-electron chi connectivity index (χ3n) is 5.48. The average molecular weight is 511 g/mol. The fraction of sp³-hybridized carbons (Fsp3) is 0.310. The fourth-order valence-corrected chi connectivity index (χ4v) is 4.61. The summed E-state index contributed by atoms with van der Waals surface area (Å²) in [5.74, 6) is -0.694. The van der Waals surface area contributed by atoms with Crippen LogP contribution in [0.15, 0.2) is 78.9 Å². The number of halogens is 2. The van der Waals surface area contributed by atoms with Crippen molar-refractivity contribution in [2.24, 2.45) is 0 Å². The van der Waals surface area contributed by atoms with Gasteiger partial charge in [-0.25, -0.2) is 8.78 Å². The van der Waals surface area contributed by atoms with E-state index >= 15 is 0 Å². The summed E-state index contributed by atoms with van der Waals surface area (Å²) in [6.07, 6.45) is 0.297. The first-order valence-electron chi connectivity index (χ1n) is 11.8. The first kappa shape index (κ1) is 27.4. The molecular formula is C29H32F2N2O2S. The van der Waals surface area contributed by atoms with Gasteiger partial charge in [-0.1, -0.05) is 60.7 Å². The number of nitrogens with zero attached hydrogens (tertiary/aromatic N) is 1. The van der Waals surface area contributed by atoms with E-state index in [0.717, 1.165) is 11.1 Å². The highest BCUT2D eigenvalue weighted by Gasteiger charge is 2.32. The lowest BCUT2D eigenvalue weighted by Crippen LogP contribution is -2.54. The molecule has 36 heavy (non-hydrogen) atoms. The zero-order valence-electron chi connectivity index (χ0n) is 20.8. The van der Waals surface area contributed by atoms with Gasteiger partial charge in [-0.05, 0) is 50.1 Å². The Morgan fingerprint density at radius 3 is 2.17 bits per heavy atom. The van der Waals surface area contributed by atoms with Crippen LogP contribution in [0.4, 0.5) is 8.78 Å². The van der Waals surface area contributed by atoms with Gasteiger partial charge in [0.2, 0.25) is 11.8 Å². The molecule has 1 unspecified atom stereocenters. The Balaban J connectivity index is 1.87. The average Bonchev–Trinajstić information content (AvgIpc) is 2.83. The minimum Gasteiger partial charge on any atom is -0.350 e. The predicted octanol–water partition coefficient (Wildman–Crippen LogP) is 5.75. The number of carbonyl (C=O) groups excluding carboxylic acids is 2. The topological polar surface area (TPSA) is 49.4 Å². The van der Waals surface area contributed by atoms with Crippen LogP contribution in [0, 0.1) is 11.6 Å². The van der Waals surface area contributed by atoms with Crippen molar-refractivity contribution in [3.05, 3.63) is 107 Å². The highest BCUT2D eigenvalue weighted by atomic mass is 32.2. The molecule has 3 aromatic rings. The lowest BCUT2D eigenvalue weighted by atomic mass is 10.0. The van der Waals surface area contributed by atoms with Crippen molar-refractivity contribution in [3.63, 3.8) is 0 Å². The van der Waals surface area contributed by atoms with Crippen molar-refractivity contribution in [1.29, 1.82) is 0 Å². The fourth-order valence-electron chi connectivity index (χ4n) is 3.74. The Labute approximate surface area is 216 Å². The maximum absolute atomic E-state index is 14.6. The quantitative estimate of drug-likeness (QED) is 0.378. The predicted molar refractivity (Wildman–Crippen MR) is 141 cm³/mol. The van der Waals surface area contributed by atoms with E-state index in [1.54, 1.807) is 30.3 Å². The molecule has 0 bridgehead atoms. The standard InChI is InChI=1S/C29H32F2N2O2S/c1-29(2,3)32-28(35)26(17-21-9-5-4-6-10-21)33(18-23-11-7-8-12-25(23)31)27(34)20-36-19-22-13-15-24(30)16-14-22/h4-16,26H,17-20H2,1-3H3,(H,32,35). The van der Waals surface area contributed by atoms with Crippen LogP contribution in [0.1, 0.15) is 37.5 Å². The van der Waals surface area contributed by atoms with E-state index in [9.17, 15) is 18.4 Å². The van der Waals surface area contributed by atoms with Crippen LogP contribution in [-0.2, 0) is 28.3 Å². The third kappa shape index (κ3) is 8.48. The summed E-state index contributed by atoms with van der Waals surface area (Å²) in [7, 11) is 0. The zero-order chi connectivity index (χ0) is 26.1. The van der Waals surface area contributed by atoms with Crippen LogP contribution in [0.5, 0.6) is 0 Å². The molecule has 0 heterocycles. The minimum atomic E-state index is -0.829. The lowest BCUT2D eigenvalue weighted by molar-refractivity contribution is -0.140. The molecule has 1 atom stereocenters. The second-order valence-electron chi connectivity index (χ2n) is 9.68. The molecule has 3 aromatic carbocycles. The summed E-state index contributed by atoms with van der Waals surface area (Å²) >= 11 is 1.37. The normalized spacial score (nSPS) is 12.1. The molecular weight excluding hydrogens is 478 g/mol. The van der Waals surface area contributed by atoms with Gasteiger partial charge in [-0.3, -0.25) is 9.59 Å². The minimum absolute atomic E-state index is 0.0301. The van der Waals surface area contributed by atoms with Crippen LogP contribution in [-0.4, -0.2) is 34.0 Å². The summed E-state index contributed by atoms with van der Waals surface area (Å²) in [5, 5.41) is 2.99. The number of rotatable bonds is 10. The van der Waals surface area contributed by atoms with E-state index in [0.29, 0.717) is 17.7 Å². The summed E-state index contributed by atoms with van der Waals surface area (Å²) in [6, 6.07) is 21.1. The van der Waals surface area contributed by atoms with Crippen molar-refractivity contribution < 1.29 is 18.4 Å². The first-order chi connectivity index (χ1) is 17.1. The van der Waals surface area contributed by atoms with Crippen molar-refractivity contribution in [3.8, 4) is 0 Å². The highest BCUT2D eigenvalue weighted by Crippen LogP contribution is 2.20. The van der Waals surface area contributed by atoms with Crippen molar-refractivity contribution in [1.82, 2.24) is 10.2 Å². The van der Waals surface area contributed by atoms with Gasteiger partial charge >= 0.3 is 0 Å². The number of benzene rings is 3. The molecule has 0 aliphatic rings. The molecule has 0 radical (unpaired) electrons. The van der Waals surface area contributed by atoms with Crippen LogP contribution in [0.25, 0.3) is 0 Å². The van der Waals surface area contributed by atoms with E-state index in [2.05, 4.69) is 5.32 Å². The van der Waals surface area contributed by atoms with Gasteiger partial charge in [0, 0.05) is 29.8 Å². The molecule has 0 aromatic heterocycles. The molecule has 0 spiro atoms. The number of hydrogen-bond donors (Lipinski definition) is 1. The van der Waals surface area contributed by atoms with E-state index in [1.165, 1.54) is 34.9 Å². The van der Waals surface area contributed by atoms with Gasteiger partial charge in [0.15, 0.2) is 0 Å². The molecule has 0 aliphatic carbocycles. The van der Waals surface area contributed by atoms with E-state index in [-0.39, 0.29) is 29.9 Å². The molecule has 2 amide bonds. The lowest BCUT2D eigenvalue weighted by Gasteiger charge is -2.34. The molecule has 7 heteroatoms. The monoisotopic (exact) mass is 510 g/mol. The van der Waals surface area contributed by atoms with Gasteiger partial charge in [0.1, 0.15) is 17.7 Å². The summed E-state index contributed by atoms with van der Waals surface area (Å²) < 4.78 is 27.8. The Kier molecular flexibility index (Phi) is 9.65. The highest BCUT2D eigenvalue weighted by molar-refractivity contribution is 7.99. The molecule has 3 rings (SSSR count). The van der Waals surface area contributed by atoms with Crippen molar-refractivity contribution in [2.45, 2.75) is 51.1 Å². The number of thioether (sulfide) groups is 1. The molecule has 0 fully saturated rings. The zero-order valence-corrected chi connectivity index (χ0v) is 21.7. The number of amides is 2. The van der Waals surface area contributed by atoms with Crippen molar-refractivity contribution >= 4 is 23.6 Å². The van der Waals surface area contributed by atoms with E-state index in [1.807, 2.05) is 51.1 Å². The molecule has 1 N–H and O–H groups in total. The maximum Gasteiger partial charge on any atom is 0.243 e. The SMILES string of the molecule is CC(C)(C)NC(=O)C(Cc1ccccc1)N(Cc1ccccc1F)C(=O)CSCc1ccc(F)cc1. The van der Waals surface area contributed by atoms with Gasteiger partial charge in [0.25, 0.3) is 0 Å². The largest absolute Gasteiger partial charge is 0.350 e. The Bertz CT molecular complexity index is 1150. The van der Waals surface area contributed by atoms with Crippen LogP contribution >= 0.6 is 11.8 Å². The molecule has 0 saturated carbocycles. The summed E-state index contributed by atoms with van der Waals surface area (Å²) in [4.78, 5) is 28.5. The van der Waals surface area contributed by atoms with Crippen molar-refractivity contribution in [2.75, 3.05) is 5.75 Å². The van der Waals surface area contributed by atoms with E-state index < -0.39 is 17.4 Å². The smallest absolute Gasteiger partial charge is 0.243 e. The molecule has 4 nitrogen and oxygen atoms in total. The van der Waals surface area contributed by atoms with Gasteiger partial charge in [0.05, 0.1) is 5.75 Å². The second kappa shape index (κ2) is 12.7. The third-order valence-corrected chi connectivity index (χ3v) is 6.46. The summed E-state index contributed by atoms with van der Waals surface area (Å²) in [5.41, 5.74) is 1.63. The molecule has 190 valence electrons. The van der Waals surface area contributed by atoms with Gasteiger partial charge in [-0.2, -0.15) is 0 Å². The van der Waals surface area contributed by atoms with Crippen LogP contribution < -0.4 is 5.32 Å². The maximum atomic E-state index is 14.6. The van der Waals surface area contributed by atoms with Gasteiger partial charge < -0.3 is 10.2 Å². The number of carbonyl (C=O) groups is 2. The Hall–Kier alpha value is -3.19. The van der Waals surface area contributed by atoms with Crippen LogP contribution in [0.3, 0.4) is 0 Å². The number of nitrogens with one attached hydrogen (secondary N) is 1. The summed E-state index contributed by atoms with van der Waals surface area (Å²) in [6.45, 7) is 5.61. The Morgan fingerprint density at radius 1 is 0.889 bits per heavy atom. The Morgan fingerprint density at radius 2 is 1.53 bits per heavy atom. The van der Waals surface area contributed by atoms with E-state index in [4.69, 9.17) is 0 Å². The first-order valence-corrected chi connectivity index (χ1v) is 13.0. The van der Waals surface area contributed by atoms with Gasteiger partial charge in [-0.15, -0.1) is 11.8 Å². The van der Waals surface area contributed by atoms with Crippen LogP contribution in [0.2, 0.25) is 0 Å². The molecule has 0 saturated heterocycles. The second-order valence-corrected chi connectivity index (χ2v) is 10.7.